The zero-order valence-corrected chi connectivity index (χ0v) is 18.7. The van der Waals surface area contributed by atoms with Crippen LogP contribution >= 0.6 is 0 Å². The molecule has 0 aliphatic heterocycles. The Morgan fingerprint density at radius 2 is 1.71 bits per heavy atom. The summed E-state index contributed by atoms with van der Waals surface area (Å²) >= 11 is 0. The third kappa shape index (κ3) is 4.73. The Balaban J connectivity index is 1.32. The van der Waals surface area contributed by atoms with Crippen LogP contribution in [0.2, 0.25) is 0 Å². The highest BCUT2D eigenvalue weighted by Gasteiger charge is 2.40. The molecule has 0 unspecified atom stereocenters. The average molecular weight is 421 g/mol. The van der Waals surface area contributed by atoms with Crippen molar-refractivity contribution in [3.05, 3.63) is 53.1 Å². The number of ether oxygens (including phenoxy) is 1. The summed E-state index contributed by atoms with van der Waals surface area (Å²) in [5.41, 5.74) is 3.06. The lowest BCUT2D eigenvalue weighted by molar-refractivity contribution is 0.0459. The van der Waals surface area contributed by atoms with Gasteiger partial charge >= 0.3 is 5.97 Å². The third-order valence-corrected chi connectivity index (χ3v) is 8.35. The number of carbonyl (C=O) groups excluding carboxylic acids is 1. The van der Waals surface area contributed by atoms with E-state index in [0.29, 0.717) is 23.6 Å². The van der Waals surface area contributed by atoms with Gasteiger partial charge in [0.05, 0.1) is 0 Å². The van der Waals surface area contributed by atoms with E-state index in [-0.39, 0.29) is 5.97 Å². The zero-order chi connectivity index (χ0) is 21.1. The highest BCUT2D eigenvalue weighted by molar-refractivity contribution is 5.88. The Hall–Kier alpha value is -2.10. The van der Waals surface area contributed by atoms with E-state index in [0.717, 1.165) is 29.4 Å². The summed E-state index contributed by atoms with van der Waals surface area (Å²) < 4.78 is 5.69. The van der Waals surface area contributed by atoms with Crippen molar-refractivity contribution < 1.29 is 9.53 Å². The van der Waals surface area contributed by atoms with Crippen LogP contribution in [0.25, 0.3) is 0 Å². The number of hydrogen-bond acceptors (Lipinski definition) is 3. The molecule has 1 aromatic heterocycles. The molecule has 0 spiro atoms. The lowest BCUT2D eigenvalue weighted by Gasteiger charge is -2.46. The predicted molar refractivity (Wildman–Crippen MR) is 122 cm³/mol. The van der Waals surface area contributed by atoms with Crippen molar-refractivity contribution in [3.8, 4) is 0 Å². The number of aromatic nitrogens is 2. The van der Waals surface area contributed by atoms with Gasteiger partial charge in [-0.2, -0.15) is 0 Å². The molecule has 0 atom stereocenters. The van der Waals surface area contributed by atoms with Crippen molar-refractivity contribution in [2.45, 2.75) is 96.0 Å². The first kappa shape index (κ1) is 20.8. The Kier molecular flexibility index (Phi) is 6.15. The molecule has 0 radical (unpaired) electrons. The largest absolute Gasteiger partial charge is 0.456 e. The molecule has 4 aliphatic rings. The highest BCUT2D eigenvalue weighted by Crippen LogP contribution is 2.52. The second kappa shape index (κ2) is 9.18. The maximum atomic E-state index is 13.0. The first-order chi connectivity index (χ1) is 15.2. The van der Waals surface area contributed by atoms with Gasteiger partial charge in [0.15, 0.2) is 5.69 Å². The zero-order valence-electron chi connectivity index (χ0n) is 18.7. The number of hydrogen-bond donors (Lipinski definition) is 1. The highest BCUT2D eigenvalue weighted by atomic mass is 16.5. The lowest BCUT2D eigenvalue weighted by Crippen LogP contribution is -2.34. The van der Waals surface area contributed by atoms with Gasteiger partial charge in [-0.1, -0.05) is 49.6 Å². The number of fused-ring (bicyclic) bond motifs is 3. The van der Waals surface area contributed by atoms with Crippen LogP contribution in [0.3, 0.4) is 0 Å². The maximum absolute atomic E-state index is 13.0. The fourth-order valence-electron chi connectivity index (χ4n) is 6.24. The Bertz CT molecular complexity index is 860. The Morgan fingerprint density at radius 1 is 1.00 bits per heavy atom. The monoisotopic (exact) mass is 420 g/mol. The smallest absolute Gasteiger partial charge is 0.359 e. The number of imidazole rings is 1. The first-order valence-corrected chi connectivity index (χ1v) is 12.5. The number of aromatic amines is 1. The van der Waals surface area contributed by atoms with Gasteiger partial charge in [-0.05, 0) is 81.1 Å². The standard InChI is InChI=1S/C27H36N2O2/c30-26(31-19-21-7-3-1-4-8-21)24-23(28-25(29-24)22-9-5-2-6-10-22)14-18-27-15-11-20(12-16-27)13-17-27/h1,3-4,7-8,20,22H,2,5-6,9-19H2,(H,28,29). The van der Waals surface area contributed by atoms with Crippen LogP contribution in [0, 0.1) is 11.3 Å². The van der Waals surface area contributed by atoms with Gasteiger partial charge in [0, 0.05) is 11.6 Å². The molecule has 2 bridgehead atoms. The van der Waals surface area contributed by atoms with Crippen molar-refractivity contribution in [1.82, 2.24) is 9.97 Å². The second-order valence-electron chi connectivity index (χ2n) is 10.3. The first-order valence-electron chi connectivity index (χ1n) is 12.5. The summed E-state index contributed by atoms with van der Waals surface area (Å²) in [6.07, 6.45) is 16.6. The van der Waals surface area contributed by atoms with Crippen LogP contribution in [0.5, 0.6) is 0 Å². The number of rotatable bonds is 7. The van der Waals surface area contributed by atoms with Gasteiger partial charge < -0.3 is 9.72 Å². The predicted octanol–water partition coefficient (Wildman–Crippen LogP) is 6.72. The molecule has 166 valence electrons. The lowest BCUT2D eigenvalue weighted by atomic mass is 9.59. The number of H-pyrrole nitrogens is 1. The summed E-state index contributed by atoms with van der Waals surface area (Å²) in [6, 6.07) is 9.91. The molecule has 4 heteroatoms. The van der Waals surface area contributed by atoms with E-state index in [2.05, 4.69) is 4.98 Å². The van der Waals surface area contributed by atoms with Crippen LogP contribution in [-0.4, -0.2) is 15.9 Å². The van der Waals surface area contributed by atoms with Gasteiger partial charge in [-0.15, -0.1) is 0 Å². The van der Waals surface area contributed by atoms with E-state index in [1.54, 1.807) is 0 Å². The number of aryl methyl sites for hydroxylation is 1. The van der Waals surface area contributed by atoms with Gasteiger partial charge in [0.1, 0.15) is 12.4 Å². The molecule has 0 amide bonds. The van der Waals surface area contributed by atoms with E-state index in [1.807, 2.05) is 30.3 Å². The summed E-state index contributed by atoms with van der Waals surface area (Å²) in [5.74, 6) is 2.19. The second-order valence-corrected chi connectivity index (χ2v) is 10.3. The van der Waals surface area contributed by atoms with Gasteiger partial charge in [0.25, 0.3) is 0 Å². The van der Waals surface area contributed by atoms with Gasteiger partial charge in [0.2, 0.25) is 0 Å². The number of benzene rings is 1. The van der Waals surface area contributed by atoms with Crippen LogP contribution in [0.15, 0.2) is 30.3 Å². The number of carbonyl (C=O) groups is 1. The quantitative estimate of drug-likeness (QED) is 0.506. The molecule has 2 aromatic rings. The van der Waals surface area contributed by atoms with Gasteiger partial charge in [-0.3, -0.25) is 0 Å². The average Bonchev–Trinajstić information content (AvgIpc) is 3.28. The van der Waals surface area contributed by atoms with E-state index in [9.17, 15) is 4.79 Å². The van der Waals surface area contributed by atoms with E-state index in [4.69, 9.17) is 9.72 Å². The van der Waals surface area contributed by atoms with Crippen molar-refractivity contribution in [1.29, 1.82) is 0 Å². The van der Waals surface area contributed by atoms with E-state index >= 15 is 0 Å². The molecule has 0 saturated heterocycles. The van der Waals surface area contributed by atoms with E-state index < -0.39 is 0 Å². The van der Waals surface area contributed by atoms with Crippen LogP contribution in [0.4, 0.5) is 0 Å². The molecule has 4 saturated carbocycles. The topological polar surface area (TPSA) is 55.0 Å². The third-order valence-electron chi connectivity index (χ3n) is 8.35. The number of nitrogens with one attached hydrogen (secondary N) is 1. The summed E-state index contributed by atoms with van der Waals surface area (Å²) in [5, 5.41) is 0. The van der Waals surface area contributed by atoms with Crippen molar-refractivity contribution >= 4 is 5.97 Å². The van der Waals surface area contributed by atoms with E-state index in [1.165, 1.54) is 77.0 Å². The van der Waals surface area contributed by atoms with Crippen molar-refractivity contribution in [2.75, 3.05) is 0 Å². The van der Waals surface area contributed by atoms with Crippen molar-refractivity contribution in [2.24, 2.45) is 11.3 Å². The van der Waals surface area contributed by atoms with Gasteiger partial charge in [-0.25, -0.2) is 9.78 Å². The summed E-state index contributed by atoms with van der Waals surface area (Å²) in [6.45, 7) is 0.302. The van der Waals surface area contributed by atoms with Crippen LogP contribution in [0.1, 0.15) is 111 Å². The fraction of sp³-hybridized carbons (Fsp3) is 0.630. The Labute approximate surface area is 186 Å². The fourth-order valence-corrected chi connectivity index (χ4v) is 6.24. The van der Waals surface area contributed by atoms with Crippen LogP contribution < -0.4 is 0 Å². The molecule has 1 heterocycles. The summed E-state index contributed by atoms with van der Waals surface area (Å²) in [7, 11) is 0. The minimum Gasteiger partial charge on any atom is -0.456 e. The molecular formula is C27H36N2O2. The normalized spacial score (nSPS) is 26.1. The maximum Gasteiger partial charge on any atom is 0.359 e. The molecule has 4 aliphatic carbocycles. The molecule has 1 aromatic carbocycles. The molecule has 31 heavy (non-hydrogen) atoms. The molecule has 6 rings (SSSR count). The minimum atomic E-state index is -0.276. The number of esters is 1. The molecule has 1 N–H and O–H groups in total. The minimum absolute atomic E-state index is 0.276. The summed E-state index contributed by atoms with van der Waals surface area (Å²) in [4.78, 5) is 21.5. The van der Waals surface area contributed by atoms with Crippen molar-refractivity contribution in [3.63, 3.8) is 0 Å². The molecule has 4 nitrogen and oxygen atoms in total. The Morgan fingerprint density at radius 3 is 2.42 bits per heavy atom. The number of nitrogens with zero attached hydrogens (tertiary/aromatic N) is 1. The SMILES string of the molecule is O=C(OCc1ccccc1)c1nc(C2CCCCC2)[nH]c1CCC12CCC(CC1)CC2. The molecule has 4 fully saturated rings. The van der Waals surface area contributed by atoms with Crippen LogP contribution in [-0.2, 0) is 17.8 Å². The molecular weight excluding hydrogens is 384 g/mol.